The van der Waals surface area contributed by atoms with Crippen LogP contribution in [-0.4, -0.2) is 25.6 Å². The van der Waals surface area contributed by atoms with Crippen LogP contribution in [0.3, 0.4) is 0 Å². The first-order valence-electron chi connectivity index (χ1n) is 5.62. The molecule has 0 aliphatic rings. The predicted octanol–water partition coefficient (Wildman–Crippen LogP) is 3.23. The van der Waals surface area contributed by atoms with E-state index in [-0.39, 0.29) is 22.7 Å². The molecule has 0 saturated heterocycles. The minimum Gasteiger partial charge on any atom is -0.508 e. The van der Waals surface area contributed by atoms with Gasteiger partial charge in [-0.15, -0.1) is 22.1 Å². The van der Waals surface area contributed by atoms with Crippen LogP contribution in [0.15, 0.2) is 29.4 Å². The van der Waals surface area contributed by atoms with Crippen molar-refractivity contribution in [1.29, 1.82) is 0 Å². The summed E-state index contributed by atoms with van der Waals surface area (Å²) in [6.07, 6.45) is 0.831. The lowest BCUT2D eigenvalue weighted by Crippen LogP contribution is -2.01. The highest BCUT2D eigenvalue weighted by molar-refractivity contribution is 8.93. The molecule has 0 radical (unpaired) electrons. The van der Waals surface area contributed by atoms with Crippen LogP contribution in [0.4, 0.5) is 0 Å². The largest absolute Gasteiger partial charge is 0.508 e. The van der Waals surface area contributed by atoms with Crippen LogP contribution in [0, 0.1) is 0 Å². The molecule has 0 aliphatic carbocycles. The first-order chi connectivity index (χ1) is 8.24. The van der Waals surface area contributed by atoms with E-state index in [9.17, 15) is 5.11 Å². The lowest BCUT2D eigenvalue weighted by Gasteiger charge is -2.03. The molecule has 18 heavy (non-hydrogen) atoms. The number of halogens is 1. The fraction of sp³-hybridized carbons (Fsp3) is 0.333. The fourth-order valence-electron chi connectivity index (χ4n) is 1.54. The number of hydrogen-bond donors (Lipinski definition) is 1. The number of hydrogen-bond acceptors (Lipinski definition) is 4. The van der Waals surface area contributed by atoms with E-state index in [0.717, 1.165) is 28.8 Å². The Hall–Kier alpha value is -1.01. The van der Waals surface area contributed by atoms with Gasteiger partial charge in [0.15, 0.2) is 0 Å². The number of thioether (sulfide) groups is 1. The number of rotatable bonds is 4. The molecule has 2 rings (SSSR count). The van der Waals surface area contributed by atoms with Crippen molar-refractivity contribution < 1.29 is 5.11 Å². The lowest BCUT2D eigenvalue weighted by atomic mass is 10.3. The van der Waals surface area contributed by atoms with E-state index >= 15 is 0 Å². The van der Waals surface area contributed by atoms with E-state index < -0.39 is 0 Å². The molecule has 1 aromatic heterocycles. The topological polar surface area (TPSA) is 50.9 Å². The zero-order valence-electron chi connectivity index (χ0n) is 10.3. The van der Waals surface area contributed by atoms with E-state index in [1.807, 2.05) is 16.8 Å². The molecule has 0 fully saturated rings. The molecule has 1 heterocycles. The van der Waals surface area contributed by atoms with Gasteiger partial charge < -0.3 is 5.11 Å². The Morgan fingerprint density at radius 3 is 2.44 bits per heavy atom. The second-order valence-corrected chi connectivity index (χ2v) is 4.76. The molecule has 98 valence electrons. The SMILES string of the molecule is Br.CCSc1nc(CC)n(-c2ccc(O)cc2)n1. The summed E-state index contributed by atoms with van der Waals surface area (Å²) in [4.78, 5) is 4.47. The van der Waals surface area contributed by atoms with Crippen molar-refractivity contribution in [2.24, 2.45) is 0 Å². The smallest absolute Gasteiger partial charge is 0.209 e. The molecular weight excluding hydrogens is 314 g/mol. The standard InChI is InChI=1S/C12H15N3OS.BrH/c1-3-11-13-12(17-4-2)14-15(11)9-5-7-10(16)8-6-9;/h5-8,16H,3-4H2,1-2H3;1H. The maximum absolute atomic E-state index is 9.27. The van der Waals surface area contributed by atoms with Gasteiger partial charge in [-0.25, -0.2) is 9.67 Å². The van der Waals surface area contributed by atoms with Crippen LogP contribution in [0.2, 0.25) is 0 Å². The number of aryl methyl sites for hydroxylation is 1. The van der Waals surface area contributed by atoms with Gasteiger partial charge in [0.25, 0.3) is 0 Å². The highest BCUT2D eigenvalue weighted by Crippen LogP contribution is 2.19. The van der Waals surface area contributed by atoms with Gasteiger partial charge in [0.2, 0.25) is 5.16 Å². The predicted molar refractivity (Wildman–Crippen MR) is 79.1 cm³/mol. The molecule has 2 aromatic rings. The van der Waals surface area contributed by atoms with Gasteiger partial charge >= 0.3 is 0 Å². The van der Waals surface area contributed by atoms with E-state index in [0.29, 0.717) is 0 Å². The number of phenolic OH excluding ortho intramolecular Hbond substituents is 1. The van der Waals surface area contributed by atoms with Crippen LogP contribution in [0.5, 0.6) is 5.75 Å². The van der Waals surface area contributed by atoms with Crippen molar-refractivity contribution in [2.45, 2.75) is 25.4 Å². The number of aromatic hydroxyl groups is 1. The quantitative estimate of drug-likeness (QED) is 0.875. The Balaban J connectivity index is 0.00000162. The van der Waals surface area contributed by atoms with E-state index in [1.54, 1.807) is 23.9 Å². The zero-order chi connectivity index (χ0) is 12.3. The van der Waals surface area contributed by atoms with Gasteiger partial charge in [0.05, 0.1) is 5.69 Å². The van der Waals surface area contributed by atoms with Crippen molar-refractivity contribution in [3.63, 3.8) is 0 Å². The summed E-state index contributed by atoms with van der Waals surface area (Å²) in [6.45, 7) is 4.14. The maximum Gasteiger partial charge on any atom is 0.209 e. The van der Waals surface area contributed by atoms with Gasteiger partial charge in [-0.2, -0.15) is 0 Å². The minimum absolute atomic E-state index is 0. The van der Waals surface area contributed by atoms with Crippen LogP contribution >= 0.6 is 28.7 Å². The van der Waals surface area contributed by atoms with Gasteiger partial charge in [0, 0.05) is 6.42 Å². The number of benzene rings is 1. The summed E-state index contributed by atoms with van der Waals surface area (Å²) in [5, 5.41) is 14.5. The van der Waals surface area contributed by atoms with Crippen LogP contribution in [0.25, 0.3) is 5.69 Å². The first kappa shape index (κ1) is 15.0. The van der Waals surface area contributed by atoms with Gasteiger partial charge in [-0.05, 0) is 30.0 Å². The second-order valence-electron chi connectivity index (χ2n) is 3.53. The fourth-order valence-corrected chi connectivity index (χ4v) is 2.11. The van der Waals surface area contributed by atoms with E-state index in [4.69, 9.17) is 0 Å². The summed E-state index contributed by atoms with van der Waals surface area (Å²) in [6, 6.07) is 6.99. The highest BCUT2D eigenvalue weighted by Gasteiger charge is 2.09. The van der Waals surface area contributed by atoms with E-state index in [2.05, 4.69) is 23.9 Å². The Kier molecular flexibility index (Phi) is 5.68. The molecule has 1 aromatic carbocycles. The van der Waals surface area contributed by atoms with Gasteiger partial charge in [0.1, 0.15) is 11.6 Å². The molecule has 0 saturated carbocycles. The molecule has 0 bridgehead atoms. The molecule has 0 atom stereocenters. The molecule has 0 unspecified atom stereocenters. The van der Waals surface area contributed by atoms with Crippen molar-refractivity contribution in [3.05, 3.63) is 30.1 Å². The lowest BCUT2D eigenvalue weighted by molar-refractivity contribution is 0.475. The van der Waals surface area contributed by atoms with Crippen molar-refractivity contribution in [3.8, 4) is 11.4 Å². The third kappa shape index (κ3) is 3.26. The third-order valence-corrected chi connectivity index (χ3v) is 3.06. The van der Waals surface area contributed by atoms with Crippen LogP contribution in [-0.2, 0) is 6.42 Å². The monoisotopic (exact) mass is 329 g/mol. The number of nitrogens with zero attached hydrogens (tertiary/aromatic N) is 3. The Morgan fingerprint density at radius 1 is 1.22 bits per heavy atom. The third-order valence-electron chi connectivity index (χ3n) is 2.34. The normalized spacial score (nSPS) is 10.1. The summed E-state index contributed by atoms with van der Waals surface area (Å²) in [5.74, 6) is 2.16. The minimum atomic E-state index is 0. The van der Waals surface area contributed by atoms with Crippen molar-refractivity contribution in [2.75, 3.05) is 5.75 Å². The molecule has 1 N–H and O–H groups in total. The number of phenols is 1. The molecular formula is C12H16BrN3OS. The Labute approximate surface area is 121 Å². The average molecular weight is 330 g/mol. The first-order valence-corrected chi connectivity index (χ1v) is 6.61. The summed E-state index contributed by atoms with van der Waals surface area (Å²) in [7, 11) is 0. The van der Waals surface area contributed by atoms with Crippen molar-refractivity contribution in [1.82, 2.24) is 14.8 Å². The maximum atomic E-state index is 9.27. The summed E-state index contributed by atoms with van der Waals surface area (Å²) in [5.41, 5.74) is 0.926. The Bertz CT molecular complexity index is 499. The summed E-state index contributed by atoms with van der Waals surface area (Å²) >= 11 is 1.63. The zero-order valence-corrected chi connectivity index (χ0v) is 12.9. The van der Waals surface area contributed by atoms with Crippen molar-refractivity contribution >= 4 is 28.7 Å². The van der Waals surface area contributed by atoms with Crippen LogP contribution in [0.1, 0.15) is 19.7 Å². The average Bonchev–Trinajstić information content (AvgIpc) is 2.74. The number of aromatic nitrogens is 3. The molecule has 6 heteroatoms. The molecule has 0 aliphatic heterocycles. The van der Waals surface area contributed by atoms with Crippen LogP contribution < -0.4 is 0 Å². The molecule has 4 nitrogen and oxygen atoms in total. The van der Waals surface area contributed by atoms with Gasteiger partial charge in [-0.1, -0.05) is 25.6 Å². The molecule has 0 amide bonds. The highest BCUT2D eigenvalue weighted by atomic mass is 79.9. The summed E-state index contributed by atoms with van der Waals surface area (Å²) < 4.78 is 1.83. The Morgan fingerprint density at radius 2 is 1.89 bits per heavy atom. The van der Waals surface area contributed by atoms with Gasteiger partial charge in [-0.3, -0.25) is 0 Å². The molecule has 0 spiro atoms. The van der Waals surface area contributed by atoms with E-state index in [1.165, 1.54) is 0 Å². The second kappa shape index (κ2) is 6.80.